The van der Waals surface area contributed by atoms with Crippen LogP contribution in [0.1, 0.15) is 36.0 Å². The van der Waals surface area contributed by atoms with Crippen LogP contribution >= 0.6 is 0 Å². The van der Waals surface area contributed by atoms with Gasteiger partial charge in [-0.15, -0.1) is 0 Å². The van der Waals surface area contributed by atoms with Gasteiger partial charge in [0.15, 0.2) is 0 Å². The number of carbonyl (C=O) groups excluding carboxylic acids is 2. The van der Waals surface area contributed by atoms with E-state index in [9.17, 15) is 14.4 Å². The van der Waals surface area contributed by atoms with Crippen LogP contribution in [0, 0.1) is 5.41 Å². The lowest BCUT2D eigenvalue weighted by molar-refractivity contribution is -0.157. The molecule has 1 aromatic rings. The predicted molar refractivity (Wildman–Crippen MR) is 80.3 cm³/mol. The SMILES string of the molecule is O=C(CC1(C(=O)O)CCC1)NCCNC(=O)c1ccccc1. The highest BCUT2D eigenvalue weighted by molar-refractivity contribution is 5.94. The van der Waals surface area contributed by atoms with Crippen molar-refractivity contribution in [2.45, 2.75) is 25.7 Å². The van der Waals surface area contributed by atoms with E-state index in [4.69, 9.17) is 5.11 Å². The molecule has 2 amide bonds. The Morgan fingerprint density at radius 2 is 1.68 bits per heavy atom. The number of carbonyl (C=O) groups is 3. The summed E-state index contributed by atoms with van der Waals surface area (Å²) in [5.74, 6) is -1.38. The van der Waals surface area contributed by atoms with E-state index < -0.39 is 11.4 Å². The summed E-state index contributed by atoms with van der Waals surface area (Å²) in [4.78, 5) is 34.7. The Hall–Kier alpha value is -2.37. The highest BCUT2D eigenvalue weighted by Crippen LogP contribution is 2.44. The van der Waals surface area contributed by atoms with Gasteiger partial charge in [0.2, 0.25) is 5.91 Å². The fourth-order valence-corrected chi connectivity index (χ4v) is 2.51. The summed E-state index contributed by atoms with van der Waals surface area (Å²) in [5.41, 5.74) is -0.315. The molecule has 0 aliphatic heterocycles. The second kappa shape index (κ2) is 7.06. The molecule has 0 aromatic heterocycles. The second-order valence-electron chi connectivity index (χ2n) is 5.59. The molecule has 0 bridgehead atoms. The zero-order valence-corrected chi connectivity index (χ0v) is 12.3. The molecule has 6 heteroatoms. The molecule has 0 spiro atoms. The quantitative estimate of drug-likeness (QED) is 0.659. The number of nitrogens with one attached hydrogen (secondary N) is 2. The average molecular weight is 304 g/mol. The summed E-state index contributed by atoms with van der Waals surface area (Å²) in [5, 5.41) is 14.5. The molecule has 3 N–H and O–H groups in total. The standard InChI is InChI=1S/C16H20N2O4/c19-13(11-16(15(21)22)7-4-8-16)17-9-10-18-14(20)12-5-2-1-3-6-12/h1-3,5-6H,4,7-11H2,(H,17,19)(H,18,20)(H,21,22). The molecule has 1 aromatic carbocycles. The normalized spacial score (nSPS) is 15.5. The third-order valence-corrected chi connectivity index (χ3v) is 4.03. The maximum Gasteiger partial charge on any atom is 0.310 e. The minimum Gasteiger partial charge on any atom is -0.481 e. The molecule has 118 valence electrons. The zero-order valence-electron chi connectivity index (χ0n) is 12.3. The van der Waals surface area contributed by atoms with Crippen LogP contribution in [0.25, 0.3) is 0 Å². The lowest BCUT2D eigenvalue weighted by Crippen LogP contribution is -2.43. The molecule has 6 nitrogen and oxygen atoms in total. The molecule has 0 saturated heterocycles. The first kappa shape index (κ1) is 16.0. The summed E-state index contributed by atoms with van der Waals surface area (Å²) in [6, 6.07) is 8.80. The lowest BCUT2D eigenvalue weighted by Gasteiger charge is -2.36. The van der Waals surface area contributed by atoms with Crippen molar-refractivity contribution in [3.63, 3.8) is 0 Å². The number of rotatable bonds is 7. The van der Waals surface area contributed by atoms with Crippen LogP contribution in [0.3, 0.4) is 0 Å². The molecule has 2 rings (SSSR count). The summed E-state index contributed by atoms with van der Waals surface area (Å²) in [6.45, 7) is 0.590. The number of hydrogen-bond donors (Lipinski definition) is 3. The van der Waals surface area contributed by atoms with Gasteiger partial charge in [-0.25, -0.2) is 0 Å². The van der Waals surface area contributed by atoms with E-state index in [-0.39, 0.29) is 24.8 Å². The number of hydrogen-bond acceptors (Lipinski definition) is 3. The van der Waals surface area contributed by atoms with E-state index in [1.165, 1.54) is 0 Å². The Bertz CT molecular complexity index is 553. The number of carboxylic acids is 1. The van der Waals surface area contributed by atoms with Crippen molar-refractivity contribution in [3.8, 4) is 0 Å². The van der Waals surface area contributed by atoms with Gasteiger partial charge in [0, 0.05) is 25.1 Å². The first-order valence-corrected chi connectivity index (χ1v) is 7.37. The van der Waals surface area contributed by atoms with Crippen LogP contribution in [0.15, 0.2) is 30.3 Å². The van der Waals surface area contributed by atoms with Gasteiger partial charge in [-0.05, 0) is 25.0 Å². The third kappa shape index (κ3) is 3.84. The lowest BCUT2D eigenvalue weighted by atomic mass is 9.66. The van der Waals surface area contributed by atoms with Crippen molar-refractivity contribution in [1.82, 2.24) is 10.6 Å². The first-order chi connectivity index (χ1) is 10.5. The van der Waals surface area contributed by atoms with Crippen LogP contribution in [0.5, 0.6) is 0 Å². The second-order valence-corrected chi connectivity index (χ2v) is 5.59. The van der Waals surface area contributed by atoms with Crippen LogP contribution < -0.4 is 10.6 Å². The van der Waals surface area contributed by atoms with E-state index in [0.717, 1.165) is 6.42 Å². The fourth-order valence-electron chi connectivity index (χ4n) is 2.51. The summed E-state index contributed by atoms with van der Waals surface area (Å²) in [7, 11) is 0. The summed E-state index contributed by atoms with van der Waals surface area (Å²) < 4.78 is 0. The molecule has 0 atom stereocenters. The maximum absolute atomic E-state index is 11.8. The summed E-state index contributed by atoms with van der Waals surface area (Å²) >= 11 is 0. The number of amides is 2. The molecular formula is C16H20N2O4. The average Bonchev–Trinajstić information content (AvgIpc) is 2.47. The molecular weight excluding hydrogens is 284 g/mol. The molecule has 0 radical (unpaired) electrons. The molecule has 0 heterocycles. The van der Waals surface area contributed by atoms with Crippen molar-refractivity contribution in [3.05, 3.63) is 35.9 Å². The molecule has 1 fully saturated rings. The number of benzene rings is 1. The van der Waals surface area contributed by atoms with Gasteiger partial charge in [-0.2, -0.15) is 0 Å². The number of carboxylic acid groups (broad SMARTS) is 1. The number of aliphatic carboxylic acids is 1. The van der Waals surface area contributed by atoms with Crippen LogP contribution in [0.4, 0.5) is 0 Å². The predicted octanol–water partition coefficient (Wildman–Crippen LogP) is 1.18. The Morgan fingerprint density at radius 1 is 1.05 bits per heavy atom. The van der Waals surface area contributed by atoms with Crippen molar-refractivity contribution in [1.29, 1.82) is 0 Å². The van der Waals surface area contributed by atoms with Gasteiger partial charge in [0.25, 0.3) is 5.91 Å². The Kier molecular flexibility index (Phi) is 5.14. The molecule has 1 aliphatic rings. The Labute approximate surface area is 128 Å². The van der Waals surface area contributed by atoms with Gasteiger partial charge >= 0.3 is 5.97 Å². The monoisotopic (exact) mass is 304 g/mol. The Morgan fingerprint density at radius 3 is 2.23 bits per heavy atom. The van der Waals surface area contributed by atoms with Crippen molar-refractivity contribution >= 4 is 17.8 Å². The van der Waals surface area contributed by atoms with Crippen LogP contribution in [-0.2, 0) is 9.59 Å². The van der Waals surface area contributed by atoms with Crippen LogP contribution in [0.2, 0.25) is 0 Å². The van der Waals surface area contributed by atoms with E-state index in [1.807, 2.05) is 6.07 Å². The fraction of sp³-hybridized carbons (Fsp3) is 0.438. The molecule has 22 heavy (non-hydrogen) atoms. The highest BCUT2D eigenvalue weighted by Gasteiger charge is 2.45. The molecule has 1 saturated carbocycles. The minimum absolute atomic E-state index is 0.00889. The van der Waals surface area contributed by atoms with E-state index in [1.54, 1.807) is 24.3 Å². The van der Waals surface area contributed by atoms with E-state index >= 15 is 0 Å². The van der Waals surface area contributed by atoms with Crippen molar-refractivity contribution in [2.24, 2.45) is 5.41 Å². The first-order valence-electron chi connectivity index (χ1n) is 7.37. The van der Waals surface area contributed by atoms with E-state index in [2.05, 4.69) is 10.6 Å². The Balaban J connectivity index is 1.67. The van der Waals surface area contributed by atoms with Crippen LogP contribution in [-0.4, -0.2) is 36.0 Å². The highest BCUT2D eigenvalue weighted by atomic mass is 16.4. The van der Waals surface area contributed by atoms with Gasteiger partial charge < -0.3 is 15.7 Å². The molecule has 0 unspecified atom stereocenters. The van der Waals surface area contributed by atoms with Gasteiger partial charge in [-0.3, -0.25) is 14.4 Å². The molecule has 1 aliphatic carbocycles. The summed E-state index contributed by atoms with van der Waals surface area (Å²) in [6.07, 6.45) is 1.97. The topological polar surface area (TPSA) is 95.5 Å². The maximum atomic E-state index is 11.8. The van der Waals surface area contributed by atoms with Gasteiger partial charge in [-0.1, -0.05) is 24.6 Å². The third-order valence-electron chi connectivity index (χ3n) is 4.03. The van der Waals surface area contributed by atoms with Gasteiger partial charge in [0.05, 0.1) is 5.41 Å². The van der Waals surface area contributed by atoms with Crippen molar-refractivity contribution in [2.75, 3.05) is 13.1 Å². The van der Waals surface area contributed by atoms with Gasteiger partial charge in [0.1, 0.15) is 0 Å². The largest absolute Gasteiger partial charge is 0.481 e. The minimum atomic E-state index is -0.897. The smallest absolute Gasteiger partial charge is 0.310 e. The zero-order chi connectivity index (χ0) is 16.0. The van der Waals surface area contributed by atoms with E-state index in [0.29, 0.717) is 24.9 Å². The van der Waals surface area contributed by atoms with Crippen molar-refractivity contribution < 1.29 is 19.5 Å².